The van der Waals surface area contributed by atoms with E-state index in [1.807, 2.05) is 0 Å². The van der Waals surface area contributed by atoms with E-state index in [-0.39, 0.29) is 0 Å². The second kappa shape index (κ2) is 6.06. The van der Waals surface area contributed by atoms with E-state index >= 15 is 0 Å². The molecule has 0 aliphatic heterocycles. The van der Waals surface area contributed by atoms with Crippen LogP contribution in [0.1, 0.15) is 59.3 Å². The standard InChI is InChI=1S/C12H25N/c1-5-9-12(3,4)10-7-6-8-11(2)13/h2,5-10,13H2,1,3-4H3. The third-order valence-corrected chi connectivity index (χ3v) is 2.53. The van der Waals surface area contributed by atoms with E-state index in [9.17, 15) is 0 Å². The molecule has 0 rings (SSSR count). The second-order valence-electron chi connectivity index (χ2n) is 4.78. The molecule has 0 saturated heterocycles. The maximum Gasteiger partial charge on any atom is 0.000744 e. The molecule has 0 aromatic carbocycles. The predicted molar refractivity (Wildman–Crippen MR) is 60.5 cm³/mol. The highest BCUT2D eigenvalue weighted by Crippen LogP contribution is 2.28. The summed E-state index contributed by atoms with van der Waals surface area (Å²) in [5.74, 6) is 0. The molecule has 2 N–H and O–H groups in total. The van der Waals surface area contributed by atoms with Crippen LogP contribution < -0.4 is 5.73 Å². The number of hydrogen-bond donors (Lipinski definition) is 1. The fraction of sp³-hybridized carbons (Fsp3) is 0.833. The van der Waals surface area contributed by atoms with E-state index in [0.717, 1.165) is 12.1 Å². The zero-order valence-electron chi connectivity index (χ0n) is 9.53. The number of hydrogen-bond acceptors (Lipinski definition) is 1. The van der Waals surface area contributed by atoms with Crippen LogP contribution in [0.15, 0.2) is 12.3 Å². The molecule has 13 heavy (non-hydrogen) atoms. The van der Waals surface area contributed by atoms with Crippen LogP contribution in [0.25, 0.3) is 0 Å². The highest BCUT2D eigenvalue weighted by Gasteiger charge is 2.15. The summed E-state index contributed by atoms with van der Waals surface area (Å²) in [5, 5.41) is 0. The van der Waals surface area contributed by atoms with E-state index in [2.05, 4.69) is 27.4 Å². The largest absolute Gasteiger partial charge is 0.403 e. The van der Waals surface area contributed by atoms with Gasteiger partial charge in [-0.1, -0.05) is 40.2 Å². The first-order chi connectivity index (χ1) is 5.98. The minimum atomic E-state index is 0.519. The molecule has 0 radical (unpaired) electrons. The molecule has 0 atom stereocenters. The summed E-state index contributed by atoms with van der Waals surface area (Å²) in [6.07, 6.45) is 7.40. The molecule has 0 heterocycles. The number of allylic oxidation sites excluding steroid dienone is 1. The predicted octanol–water partition coefficient (Wildman–Crippen LogP) is 3.85. The van der Waals surface area contributed by atoms with Gasteiger partial charge in [0.2, 0.25) is 0 Å². The van der Waals surface area contributed by atoms with E-state index in [4.69, 9.17) is 5.73 Å². The van der Waals surface area contributed by atoms with Gasteiger partial charge in [-0.2, -0.15) is 0 Å². The molecule has 0 aromatic heterocycles. The number of nitrogens with two attached hydrogens (primary N) is 1. The summed E-state index contributed by atoms with van der Waals surface area (Å²) >= 11 is 0. The summed E-state index contributed by atoms with van der Waals surface area (Å²) in [5.41, 5.74) is 6.85. The molecule has 1 heteroatoms. The quantitative estimate of drug-likeness (QED) is 0.596. The lowest BCUT2D eigenvalue weighted by atomic mass is 9.83. The van der Waals surface area contributed by atoms with Gasteiger partial charge in [0, 0.05) is 5.70 Å². The first-order valence-corrected chi connectivity index (χ1v) is 5.41. The van der Waals surface area contributed by atoms with Crippen LogP contribution in [0.2, 0.25) is 0 Å². The SMILES string of the molecule is C=C(N)CCCCC(C)(C)CCC. The Hall–Kier alpha value is -0.460. The fourth-order valence-electron chi connectivity index (χ4n) is 1.76. The van der Waals surface area contributed by atoms with Crippen molar-refractivity contribution in [2.45, 2.75) is 59.3 Å². The minimum Gasteiger partial charge on any atom is -0.403 e. The second-order valence-corrected chi connectivity index (χ2v) is 4.78. The smallest absolute Gasteiger partial charge is 0.000744 e. The van der Waals surface area contributed by atoms with Crippen molar-refractivity contribution in [3.8, 4) is 0 Å². The number of rotatable bonds is 7. The Morgan fingerprint density at radius 1 is 1.23 bits per heavy atom. The molecule has 0 saturated carbocycles. The molecule has 0 spiro atoms. The Kier molecular flexibility index (Phi) is 5.85. The lowest BCUT2D eigenvalue weighted by Crippen LogP contribution is -2.10. The third-order valence-electron chi connectivity index (χ3n) is 2.53. The molecular weight excluding hydrogens is 158 g/mol. The molecule has 0 aliphatic carbocycles. The highest BCUT2D eigenvalue weighted by molar-refractivity contribution is 4.85. The molecule has 1 nitrogen and oxygen atoms in total. The van der Waals surface area contributed by atoms with E-state index in [1.54, 1.807) is 0 Å². The van der Waals surface area contributed by atoms with Crippen molar-refractivity contribution in [2.75, 3.05) is 0 Å². The zero-order valence-corrected chi connectivity index (χ0v) is 9.53. The van der Waals surface area contributed by atoms with Gasteiger partial charge in [0.15, 0.2) is 0 Å². The van der Waals surface area contributed by atoms with Crippen molar-refractivity contribution in [3.63, 3.8) is 0 Å². The van der Waals surface area contributed by atoms with Gasteiger partial charge < -0.3 is 5.73 Å². The summed E-state index contributed by atoms with van der Waals surface area (Å²) < 4.78 is 0. The first-order valence-electron chi connectivity index (χ1n) is 5.41. The van der Waals surface area contributed by atoms with Crippen molar-refractivity contribution in [2.24, 2.45) is 11.1 Å². The highest BCUT2D eigenvalue weighted by atomic mass is 14.5. The van der Waals surface area contributed by atoms with Crippen LogP contribution in [0.3, 0.4) is 0 Å². The Morgan fingerprint density at radius 2 is 1.85 bits per heavy atom. The van der Waals surface area contributed by atoms with Crippen LogP contribution in [0.4, 0.5) is 0 Å². The van der Waals surface area contributed by atoms with E-state index in [0.29, 0.717) is 5.41 Å². The van der Waals surface area contributed by atoms with Crippen LogP contribution in [0.5, 0.6) is 0 Å². The summed E-state index contributed by atoms with van der Waals surface area (Å²) in [6.45, 7) is 10.7. The lowest BCUT2D eigenvalue weighted by Gasteiger charge is -2.23. The molecule has 0 bridgehead atoms. The van der Waals surface area contributed by atoms with Crippen molar-refractivity contribution >= 4 is 0 Å². The maximum absolute atomic E-state index is 5.51. The molecule has 0 fully saturated rings. The maximum atomic E-state index is 5.51. The van der Waals surface area contributed by atoms with E-state index in [1.165, 1.54) is 32.1 Å². The monoisotopic (exact) mass is 183 g/mol. The zero-order chi connectivity index (χ0) is 10.3. The van der Waals surface area contributed by atoms with Gasteiger partial charge >= 0.3 is 0 Å². The molecule has 0 amide bonds. The minimum absolute atomic E-state index is 0.519. The Morgan fingerprint density at radius 3 is 2.31 bits per heavy atom. The van der Waals surface area contributed by atoms with Gasteiger partial charge in [0.05, 0.1) is 0 Å². The van der Waals surface area contributed by atoms with Crippen molar-refractivity contribution in [1.82, 2.24) is 0 Å². The molecular formula is C12H25N. The van der Waals surface area contributed by atoms with Crippen LogP contribution in [-0.2, 0) is 0 Å². The summed E-state index contributed by atoms with van der Waals surface area (Å²) in [4.78, 5) is 0. The first kappa shape index (κ1) is 12.5. The van der Waals surface area contributed by atoms with Crippen LogP contribution in [0, 0.1) is 5.41 Å². The molecule has 78 valence electrons. The van der Waals surface area contributed by atoms with Crippen LogP contribution in [-0.4, -0.2) is 0 Å². The average Bonchev–Trinajstić information content (AvgIpc) is 1.98. The average molecular weight is 183 g/mol. The van der Waals surface area contributed by atoms with Gasteiger partial charge in [0.1, 0.15) is 0 Å². The molecule has 0 aliphatic rings. The lowest BCUT2D eigenvalue weighted by molar-refractivity contribution is 0.293. The van der Waals surface area contributed by atoms with Gasteiger partial charge in [-0.15, -0.1) is 0 Å². The summed E-state index contributed by atoms with van der Waals surface area (Å²) in [6, 6.07) is 0. The topological polar surface area (TPSA) is 26.0 Å². The fourth-order valence-corrected chi connectivity index (χ4v) is 1.76. The van der Waals surface area contributed by atoms with Gasteiger partial charge in [-0.25, -0.2) is 0 Å². The van der Waals surface area contributed by atoms with Crippen molar-refractivity contribution < 1.29 is 0 Å². The van der Waals surface area contributed by atoms with Gasteiger partial charge in [-0.3, -0.25) is 0 Å². The third kappa shape index (κ3) is 7.89. The van der Waals surface area contributed by atoms with Gasteiger partial charge in [0.25, 0.3) is 0 Å². The Labute approximate surface area is 83.4 Å². The Bertz CT molecular complexity index is 147. The summed E-state index contributed by atoms with van der Waals surface area (Å²) in [7, 11) is 0. The van der Waals surface area contributed by atoms with Crippen molar-refractivity contribution in [1.29, 1.82) is 0 Å². The van der Waals surface area contributed by atoms with Gasteiger partial charge in [-0.05, 0) is 31.1 Å². The number of unbranched alkanes of at least 4 members (excludes halogenated alkanes) is 1. The Balaban J connectivity index is 3.45. The normalized spacial score (nSPS) is 11.6. The molecule has 0 aromatic rings. The molecule has 0 unspecified atom stereocenters. The van der Waals surface area contributed by atoms with Crippen molar-refractivity contribution in [3.05, 3.63) is 12.3 Å². The van der Waals surface area contributed by atoms with Crippen LogP contribution >= 0.6 is 0 Å². The van der Waals surface area contributed by atoms with E-state index < -0.39 is 0 Å².